The number of benzene rings is 2. The fraction of sp³-hybridized carbons (Fsp3) is 0.158. The Balaban J connectivity index is 1.88. The second-order valence-electron chi connectivity index (χ2n) is 5.13. The number of methoxy groups -OCH3 is 1. The second kappa shape index (κ2) is 6.39. The van der Waals surface area contributed by atoms with E-state index < -0.39 is 0 Å². The smallest absolute Gasteiger partial charge is 0.164 e. The lowest BCUT2D eigenvalue weighted by atomic mass is 9.97. The lowest BCUT2D eigenvalue weighted by Gasteiger charge is -2.12. The van der Waals surface area contributed by atoms with Crippen molar-refractivity contribution in [2.24, 2.45) is 0 Å². The molecule has 0 spiro atoms. The zero-order valence-corrected chi connectivity index (χ0v) is 12.5. The summed E-state index contributed by atoms with van der Waals surface area (Å²) in [6.45, 7) is 0. The summed E-state index contributed by atoms with van der Waals surface area (Å²) in [5.74, 6) is 0.931. The summed E-state index contributed by atoms with van der Waals surface area (Å²) in [5.41, 5.74) is 1.74. The first-order valence-electron chi connectivity index (χ1n) is 7.27. The van der Waals surface area contributed by atoms with E-state index in [1.807, 2.05) is 24.3 Å². The van der Waals surface area contributed by atoms with Crippen molar-refractivity contribution >= 4 is 16.6 Å². The van der Waals surface area contributed by atoms with Crippen LogP contribution in [0.25, 0.3) is 10.8 Å². The van der Waals surface area contributed by atoms with Gasteiger partial charge in [0.25, 0.3) is 0 Å². The third kappa shape index (κ3) is 2.84. The molecule has 0 aliphatic heterocycles. The van der Waals surface area contributed by atoms with Crippen LogP contribution >= 0.6 is 0 Å². The predicted octanol–water partition coefficient (Wildman–Crippen LogP) is 4.06. The van der Waals surface area contributed by atoms with Gasteiger partial charge in [0.15, 0.2) is 5.78 Å². The van der Waals surface area contributed by atoms with E-state index in [1.54, 1.807) is 31.6 Å². The number of nitrogens with zero attached hydrogens (tertiary/aromatic N) is 1. The number of carbonyl (C=O) groups excluding carboxylic acids is 1. The van der Waals surface area contributed by atoms with Gasteiger partial charge in [-0.3, -0.25) is 9.78 Å². The zero-order valence-electron chi connectivity index (χ0n) is 12.5. The van der Waals surface area contributed by atoms with Crippen molar-refractivity contribution in [3.05, 3.63) is 72.1 Å². The largest absolute Gasteiger partial charge is 0.496 e. The van der Waals surface area contributed by atoms with Gasteiger partial charge in [0.1, 0.15) is 5.75 Å². The highest BCUT2D eigenvalue weighted by Gasteiger charge is 2.11. The molecule has 0 aliphatic carbocycles. The van der Waals surface area contributed by atoms with Gasteiger partial charge in [0.05, 0.1) is 7.11 Å². The average molecular weight is 291 g/mol. The summed E-state index contributed by atoms with van der Waals surface area (Å²) < 4.78 is 5.47. The summed E-state index contributed by atoms with van der Waals surface area (Å²) in [4.78, 5) is 16.3. The fourth-order valence-electron chi connectivity index (χ4n) is 2.68. The van der Waals surface area contributed by atoms with Crippen molar-refractivity contribution in [1.82, 2.24) is 4.98 Å². The highest BCUT2D eigenvalue weighted by Crippen LogP contribution is 2.29. The van der Waals surface area contributed by atoms with E-state index in [0.717, 1.165) is 22.1 Å². The summed E-state index contributed by atoms with van der Waals surface area (Å²) in [6.07, 6.45) is 4.38. The average Bonchev–Trinajstić information content (AvgIpc) is 2.60. The Morgan fingerprint density at radius 3 is 2.73 bits per heavy atom. The maximum Gasteiger partial charge on any atom is 0.164 e. The number of aromatic nitrogens is 1. The third-order valence-electron chi connectivity index (χ3n) is 3.80. The van der Waals surface area contributed by atoms with Crippen molar-refractivity contribution in [3.63, 3.8) is 0 Å². The van der Waals surface area contributed by atoms with Crippen molar-refractivity contribution < 1.29 is 9.53 Å². The van der Waals surface area contributed by atoms with Crippen LogP contribution in [0.2, 0.25) is 0 Å². The number of fused-ring (bicyclic) bond motifs is 1. The minimum atomic E-state index is 0.100. The lowest BCUT2D eigenvalue weighted by Crippen LogP contribution is -2.03. The molecular formula is C19H17NO2. The Kier molecular flexibility index (Phi) is 4.15. The van der Waals surface area contributed by atoms with E-state index in [2.05, 4.69) is 17.1 Å². The van der Waals surface area contributed by atoms with E-state index in [0.29, 0.717) is 18.4 Å². The fourth-order valence-corrected chi connectivity index (χ4v) is 2.68. The van der Waals surface area contributed by atoms with E-state index in [9.17, 15) is 4.79 Å². The van der Waals surface area contributed by atoms with Gasteiger partial charge in [0, 0.05) is 29.9 Å². The highest BCUT2D eigenvalue weighted by molar-refractivity contribution is 5.96. The van der Waals surface area contributed by atoms with Crippen LogP contribution in [0, 0.1) is 0 Å². The van der Waals surface area contributed by atoms with E-state index in [1.165, 1.54) is 0 Å². The molecule has 0 bridgehead atoms. The first-order chi connectivity index (χ1) is 10.8. The van der Waals surface area contributed by atoms with Crippen LogP contribution in [0.15, 0.2) is 60.9 Å². The molecule has 1 heterocycles. The number of hydrogen-bond donors (Lipinski definition) is 0. The molecule has 0 saturated heterocycles. The van der Waals surface area contributed by atoms with Crippen molar-refractivity contribution in [3.8, 4) is 5.75 Å². The van der Waals surface area contributed by atoms with Gasteiger partial charge in [0.2, 0.25) is 0 Å². The minimum absolute atomic E-state index is 0.100. The summed E-state index contributed by atoms with van der Waals surface area (Å²) in [5, 5.41) is 2.30. The van der Waals surface area contributed by atoms with Crippen LogP contribution in [0.1, 0.15) is 22.3 Å². The quantitative estimate of drug-likeness (QED) is 0.665. The molecule has 0 unspecified atom stereocenters. The van der Waals surface area contributed by atoms with Crippen LogP contribution in [0.5, 0.6) is 5.75 Å². The van der Waals surface area contributed by atoms with Crippen LogP contribution in [0.4, 0.5) is 0 Å². The van der Waals surface area contributed by atoms with Crippen LogP contribution in [-0.4, -0.2) is 17.9 Å². The molecule has 0 N–H and O–H groups in total. The van der Waals surface area contributed by atoms with Crippen molar-refractivity contribution in [1.29, 1.82) is 0 Å². The van der Waals surface area contributed by atoms with E-state index in [-0.39, 0.29) is 5.78 Å². The maximum absolute atomic E-state index is 12.3. The topological polar surface area (TPSA) is 39.2 Å². The number of rotatable bonds is 5. The standard InChI is InChI=1S/C19H17NO2/c1-22-19-11-8-14-5-2-3-7-16(14)17(19)9-10-18(21)15-6-4-12-20-13-15/h2-8,11-13H,9-10H2,1H3. The molecular weight excluding hydrogens is 274 g/mol. The third-order valence-corrected chi connectivity index (χ3v) is 3.80. The maximum atomic E-state index is 12.3. The number of aryl methyl sites for hydroxylation is 1. The molecule has 110 valence electrons. The number of carbonyl (C=O) groups is 1. The SMILES string of the molecule is COc1ccc2ccccc2c1CCC(=O)c1cccnc1. The van der Waals surface area contributed by atoms with Gasteiger partial charge in [-0.15, -0.1) is 0 Å². The van der Waals surface area contributed by atoms with Crippen LogP contribution < -0.4 is 4.74 Å². The van der Waals surface area contributed by atoms with Crippen molar-refractivity contribution in [2.45, 2.75) is 12.8 Å². The van der Waals surface area contributed by atoms with Crippen molar-refractivity contribution in [2.75, 3.05) is 7.11 Å². The monoisotopic (exact) mass is 291 g/mol. The van der Waals surface area contributed by atoms with E-state index in [4.69, 9.17) is 4.74 Å². The van der Waals surface area contributed by atoms with Gasteiger partial charge in [-0.1, -0.05) is 30.3 Å². The summed E-state index contributed by atoms with van der Waals surface area (Å²) in [7, 11) is 1.66. The zero-order chi connectivity index (χ0) is 15.4. The van der Waals surface area contributed by atoms with Gasteiger partial charge < -0.3 is 4.74 Å². The molecule has 3 nitrogen and oxygen atoms in total. The Morgan fingerprint density at radius 2 is 1.95 bits per heavy atom. The minimum Gasteiger partial charge on any atom is -0.496 e. The molecule has 0 amide bonds. The molecule has 0 aliphatic rings. The molecule has 1 aromatic heterocycles. The first kappa shape index (κ1) is 14.3. The Bertz CT molecular complexity index is 797. The molecule has 3 aromatic rings. The van der Waals surface area contributed by atoms with Gasteiger partial charge in [-0.2, -0.15) is 0 Å². The summed E-state index contributed by atoms with van der Waals surface area (Å²) >= 11 is 0. The normalized spacial score (nSPS) is 10.6. The Morgan fingerprint density at radius 1 is 1.09 bits per heavy atom. The molecule has 0 atom stereocenters. The highest BCUT2D eigenvalue weighted by atomic mass is 16.5. The van der Waals surface area contributed by atoms with Gasteiger partial charge in [-0.25, -0.2) is 0 Å². The summed E-state index contributed by atoms with van der Waals surface area (Å²) in [6, 6.07) is 15.8. The number of ketones is 1. The lowest BCUT2D eigenvalue weighted by molar-refractivity contribution is 0.0982. The second-order valence-corrected chi connectivity index (χ2v) is 5.13. The number of pyridine rings is 1. The molecule has 0 saturated carbocycles. The molecule has 3 heteroatoms. The number of Topliss-reactive ketones (excluding diaryl/α,β-unsaturated/α-hetero) is 1. The van der Waals surface area contributed by atoms with E-state index >= 15 is 0 Å². The van der Waals surface area contributed by atoms with Crippen LogP contribution in [0.3, 0.4) is 0 Å². The molecule has 2 aromatic carbocycles. The molecule has 3 rings (SSSR count). The number of hydrogen-bond acceptors (Lipinski definition) is 3. The number of ether oxygens (including phenoxy) is 1. The first-order valence-corrected chi connectivity index (χ1v) is 7.27. The molecule has 0 fully saturated rings. The van der Waals surface area contributed by atoms with Gasteiger partial charge >= 0.3 is 0 Å². The Hall–Kier alpha value is -2.68. The van der Waals surface area contributed by atoms with Crippen LogP contribution in [-0.2, 0) is 6.42 Å². The predicted molar refractivity (Wildman–Crippen MR) is 87.4 cm³/mol. The molecule has 22 heavy (non-hydrogen) atoms. The Labute approximate surface area is 129 Å². The molecule has 0 radical (unpaired) electrons. The van der Waals surface area contributed by atoms with Gasteiger partial charge in [-0.05, 0) is 35.4 Å².